The molecular formula is C9H12O. The fourth-order valence-electron chi connectivity index (χ4n) is 1.01. The molecule has 0 bridgehead atoms. The Morgan fingerprint density at radius 1 is 1.50 bits per heavy atom. The lowest BCUT2D eigenvalue weighted by atomic mass is 10.1. The topological polar surface area (TPSA) is 9.23 Å². The minimum Gasteiger partial charge on any atom is -0.373 e. The van der Waals surface area contributed by atoms with Crippen molar-refractivity contribution in [3.8, 4) is 0 Å². The second-order valence-corrected chi connectivity index (χ2v) is 2.19. The van der Waals surface area contributed by atoms with Crippen LogP contribution in [0.5, 0.6) is 0 Å². The fourth-order valence-corrected chi connectivity index (χ4v) is 1.01. The summed E-state index contributed by atoms with van der Waals surface area (Å²) in [5, 5.41) is 0. The molecule has 1 unspecified atom stereocenters. The maximum atomic E-state index is 5.19. The lowest BCUT2D eigenvalue weighted by molar-refractivity contribution is 0.170. The van der Waals surface area contributed by atoms with Gasteiger partial charge in [0.1, 0.15) is 6.10 Å². The Kier molecular flexibility index (Phi) is 2.46. The third-order valence-electron chi connectivity index (χ3n) is 1.60. The van der Waals surface area contributed by atoms with Crippen molar-refractivity contribution in [1.29, 1.82) is 0 Å². The Balaban J connectivity index is 2.74. The third-order valence-corrected chi connectivity index (χ3v) is 1.60. The van der Waals surface area contributed by atoms with Crippen molar-refractivity contribution in [2.75, 3.05) is 7.11 Å². The molecule has 0 N–H and O–H groups in total. The molecule has 1 atom stereocenters. The highest BCUT2D eigenvalue weighted by molar-refractivity contribution is 5.34. The van der Waals surface area contributed by atoms with Crippen LogP contribution in [0, 0.1) is 0 Å². The van der Waals surface area contributed by atoms with Crippen LogP contribution in [0.3, 0.4) is 0 Å². The van der Waals surface area contributed by atoms with Gasteiger partial charge in [-0.3, -0.25) is 0 Å². The zero-order valence-electron chi connectivity index (χ0n) is 6.37. The highest BCUT2D eigenvalue weighted by Crippen LogP contribution is 2.13. The van der Waals surface area contributed by atoms with Crippen LogP contribution in [0.25, 0.3) is 0 Å². The number of allylic oxidation sites excluding steroid dienone is 3. The van der Waals surface area contributed by atoms with Crippen molar-refractivity contribution in [3.05, 3.63) is 36.0 Å². The summed E-state index contributed by atoms with van der Waals surface area (Å²) in [7, 11) is 1.72. The Labute approximate surface area is 61.7 Å². The molecule has 0 spiro atoms. The highest BCUT2D eigenvalue weighted by atomic mass is 16.5. The average Bonchev–Trinajstić information content (AvgIpc) is 2.04. The second-order valence-electron chi connectivity index (χ2n) is 2.19. The van der Waals surface area contributed by atoms with Crippen LogP contribution in [0.15, 0.2) is 36.0 Å². The van der Waals surface area contributed by atoms with Gasteiger partial charge in [0.25, 0.3) is 0 Å². The van der Waals surface area contributed by atoms with Gasteiger partial charge in [-0.05, 0) is 12.5 Å². The van der Waals surface area contributed by atoms with E-state index in [1.165, 1.54) is 5.57 Å². The molecule has 0 aromatic rings. The fraction of sp³-hybridized carbons (Fsp3) is 0.333. The molecule has 0 amide bonds. The second kappa shape index (κ2) is 3.37. The van der Waals surface area contributed by atoms with Gasteiger partial charge in [-0.25, -0.2) is 0 Å². The first kappa shape index (κ1) is 7.29. The van der Waals surface area contributed by atoms with E-state index >= 15 is 0 Å². The zero-order valence-corrected chi connectivity index (χ0v) is 6.37. The number of methoxy groups -OCH3 is 1. The van der Waals surface area contributed by atoms with E-state index in [9.17, 15) is 0 Å². The van der Waals surface area contributed by atoms with Crippen LogP contribution in [0.1, 0.15) is 6.92 Å². The summed E-state index contributed by atoms with van der Waals surface area (Å²) in [5.41, 5.74) is 1.23. The summed E-state index contributed by atoms with van der Waals surface area (Å²) in [6.07, 6.45) is 10.3. The molecule has 1 aliphatic carbocycles. The van der Waals surface area contributed by atoms with Gasteiger partial charge in [-0.2, -0.15) is 0 Å². The number of rotatable bonds is 1. The van der Waals surface area contributed by atoms with E-state index in [2.05, 4.69) is 12.2 Å². The Hall–Kier alpha value is -0.820. The monoisotopic (exact) mass is 136 g/mol. The maximum Gasteiger partial charge on any atom is 0.100 e. The van der Waals surface area contributed by atoms with E-state index in [4.69, 9.17) is 4.74 Å². The number of ether oxygens (including phenoxy) is 1. The number of hydrogen-bond acceptors (Lipinski definition) is 1. The normalized spacial score (nSPS) is 27.8. The van der Waals surface area contributed by atoms with Crippen LogP contribution >= 0.6 is 0 Å². The average molecular weight is 136 g/mol. The van der Waals surface area contributed by atoms with Gasteiger partial charge in [0, 0.05) is 7.11 Å². The first-order chi connectivity index (χ1) is 4.88. The Morgan fingerprint density at radius 3 is 2.80 bits per heavy atom. The van der Waals surface area contributed by atoms with Gasteiger partial charge in [0.15, 0.2) is 0 Å². The first-order valence-electron chi connectivity index (χ1n) is 3.42. The lowest BCUT2D eigenvalue weighted by Crippen LogP contribution is -2.10. The van der Waals surface area contributed by atoms with Crippen molar-refractivity contribution in [2.24, 2.45) is 0 Å². The minimum absolute atomic E-state index is 0.162. The Bertz CT molecular complexity index is 187. The van der Waals surface area contributed by atoms with Crippen molar-refractivity contribution in [3.63, 3.8) is 0 Å². The van der Waals surface area contributed by atoms with Gasteiger partial charge >= 0.3 is 0 Å². The zero-order chi connectivity index (χ0) is 7.40. The van der Waals surface area contributed by atoms with Crippen LogP contribution < -0.4 is 0 Å². The molecule has 0 fully saturated rings. The molecule has 10 heavy (non-hydrogen) atoms. The summed E-state index contributed by atoms with van der Waals surface area (Å²) in [5.74, 6) is 0. The summed E-state index contributed by atoms with van der Waals surface area (Å²) in [6.45, 7) is 2.02. The molecule has 1 aliphatic rings. The van der Waals surface area contributed by atoms with Crippen molar-refractivity contribution >= 4 is 0 Å². The molecule has 1 rings (SSSR count). The van der Waals surface area contributed by atoms with Crippen molar-refractivity contribution in [1.82, 2.24) is 0 Å². The van der Waals surface area contributed by atoms with E-state index < -0.39 is 0 Å². The summed E-state index contributed by atoms with van der Waals surface area (Å²) in [4.78, 5) is 0. The number of hydrogen-bond donors (Lipinski definition) is 0. The predicted octanol–water partition coefficient (Wildman–Crippen LogP) is 2.07. The summed E-state index contributed by atoms with van der Waals surface area (Å²) in [6, 6.07) is 0. The largest absolute Gasteiger partial charge is 0.373 e. The van der Waals surface area contributed by atoms with Crippen LogP contribution in [0.4, 0.5) is 0 Å². The lowest BCUT2D eigenvalue weighted by Gasteiger charge is -2.13. The maximum absolute atomic E-state index is 5.19. The van der Waals surface area contributed by atoms with Gasteiger partial charge in [0.05, 0.1) is 0 Å². The van der Waals surface area contributed by atoms with E-state index in [0.29, 0.717) is 0 Å². The molecule has 0 aromatic carbocycles. The molecule has 0 radical (unpaired) electrons. The third kappa shape index (κ3) is 1.36. The SMILES string of the molecule is C/C=C1\C=CC=CC1OC. The molecule has 1 heteroatoms. The van der Waals surface area contributed by atoms with Crippen LogP contribution in [-0.4, -0.2) is 13.2 Å². The minimum atomic E-state index is 0.162. The van der Waals surface area contributed by atoms with Gasteiger partial charge in [0.2, 0.25) is 0 Å². The van der Waals surface area contributed by atoms with E-state index in [1.54, 1.807) is 7.11 Å². The molecule has 0 aliphatic heterocycles. The molecule has 54 valence electrons. The van der Waals surface area contributed by atoms with E-state index in [-0.39, 0.29) is 6.10 Å². The molecular weight excluding hydrogens is 124 g/mol. The van der Waals surface area contributed by atoms with E-state index in [1.807, 2.05) is 25.2 Å². The van der Waals surface area contributed by atoms with Gasteiger partial charge < -0.3 is 4.74 Å². The first-order valence-corrected chi connectivity index (χ1v) is 3.42. The molecule has 0 aromatic heterocycles. The van der Waals surface area contributed by atoms with Gasteiger partial charge in [-0.1, -0.05) is 30.4 Å². The van der Waals surface area contributed by atoms with Gasteiger partial charge in [-0.15, -0.1) is 0 Å². The summed E-state index contributed by atoms with van der Waals surface area (Å²) >= 11 is 0. The summed E-state index contributed by atoms with van der Waals surface area (Å²) < 4.78 is 5.19. The Morgan fingerprint density at radius 2 is 2.30 bits per heavy atom. The van der Waals surface area contributed by atoms with Crippen molar-refractivity contribution in [2.45, 2.75) is 13.0 Å². The van der Waals surface area contributed by atoms with E-state index in [0.717, 1.165) is 0 Å². The molecule has 1 nitrogen and oxygen atoms in total. The quantitative estimate of drug-likeness (QED) is 0.536. The van der Waals surface area contributed by atoms with Crippen LogP contribution in [0.2, 0.25) is 0 Å². The molecule has 0 saturated heterocycles. The highest BCUT2D eigenvalue weighted by Gasteiger charge is 2.07. The van der Waals surface area contributed by atoms with Crippen LogP contribution in [-0.2, 0) is 4.74 Å². The van der Waals surface area contributed by atoms with Crippen molar-refractivity contribution < 1.29 is 4.74 Å². The molecule has 0 heterocycles. The molecule has 0 saturated carbocycles. The predicted molar refractivity (Wildman–Crippen MR) is 42.8 cm³/mol. The standard InChI is InChI=1S/C9H12O/c1-3-8-6-4-5-7-9(8)10-2/h3-7,9H,1-2H3/b8-3+. The smallest absolute Gasteiger partial charge is 0.100 e.